The van der Waals surface area contributed by atoms with Crippen LogP contribution in [0.25, 0.3) is 0 Å². The van der Waals surface area contributed by atoms with Gasteiger partial charge >= 0.3 is 0 Å². The standard InChI is InChI=1S/C14H23NS/c1-4-11(3)13-9-16-14(15-13)12-7-5-6-10(2)8-12/h9-12H,4-8H2,1-3H3. The molecule has 1 fully saturated rings. The number of rotatable bonds is 3. The fourth-order valence-electron chi connectivity index (χ4n) is 2.58. The summed E-state index contributed by atoms with van der Waals surface area (Å²) in [5, 5.41) is 3.69. The van der Waals surface area contributed by atoms with E-state index in [4.69, 9.17) is 4.98 Å². The SMILES string of the molecule is CCC(C)c1csc(C2CCCC(C)C2)n1. The van der Waals surface area contributed by atoms with Gasteiger partial charge in [-0.2, -0.15) is 0 Å². The third kappa shape index (κ3) is 2.65. The molecule has 0 bridgehead atoms. The van der Waals surface area contributed by atoms with E-state index in [1.54, 1.807) is 0 Å². The van der Waals surface area contributed by atoms with Crippen LogP contribution in [0.2, 0.25) is 0 Å². The van der Waals surface area contributed by atoms with Crippen molar-refractivity contribution in [3.63, 3.8) is 0 Å². The summed E-state index contributed by atoms with van der Waals surface area (Å²) in [6.45, 7) is 6.91. The van der Waals surface area contributed by atoms with Gasteiger partial charge in [0.1, 0.15) is 0 Å². The molecule has 2 heteroatoms. The highest BCUT2D eigenvalue weighted by Crippen LogP contribution is 2.37. The summed E-state index contributed by atoms with van der Waals surface area (Å²) in [5.74, 6) is 2.28. The number of thiazole rings is 1. The Kier molecular flexibility index (Phi) is 4.01. The van der Waals surface area contributed by atoms with E-state index in [-0.39, 0.29) is 0 Å². The average Bonchev–Trinajstić information content (AvgIpc) is 2.77. The van der Waals surface area contributed by atoms with Crippen LogP contribution in [-0.2, 0) is 0 Å². The molecule has 2 rings (SSSR count). The van der Waals surface area contributed by atoms with Crippen molar-refractivity contribution in [3.05, 3.63) is 16.1 Å². The first kappa shape index (κ1) is 12.1. The van der Waals surface area contributed by atoms with Crippen molar-refractivity contribution in [1.82, 2.24) is 4.98 Å². The van der Waals surface area contributed by atoms with Crippen molar-refractivity contribution in [2.24, 2.45) is 5.92 Å². The Hall–Kier alpha value is -0.370. The van der Waals surface area contributed by atoms with Gasteiger partial charge in [-0.05, 0) is 31.1 Å². The lowest BCUT2D eigenvalue weighted by atomic mass is 9.83. The van der Waals surface area contributed by atoms with Gasteiger partial charge < -0.3 is 0 Å². The lowest BCUT2D eigenvalue weighted by Gasteiger charge is -2.24. The second-order valence-corrected chi connectivity index (χ2v) is 6.28. The van der Waals surface area contributed by atoms with Crippen LogP contribution < -0.4 is 0 Å². The molecule has 1 aromatic rings. The molecule has 1 saturated carbocycles. The molecule has 0 radical (unpaired) electrons. The van der Waals surface area contributed by atoms with E-state index in [9.17, 15) is 0 Å². The molecule has 0 N–H and O–H groups in total. The molecular formula is C14H23NS. The molecule has 0 aliphatic heterocycles. The summed E-state index contributed by atoms with van der Waals surface area (Å²) >= 11 is 1.89. The van der Waals surface area contributed by atoms with Crippen LogP contribution >= 0.6 is 11.3 Å². The van der Waals surface area contributed by atoms with E-state index in [1.165, 1.54) is 42.8 Å². The summed E-state index contributed by atoms with van der Waals surface area (Å²) in [6.07, 6.45) is 6.72. The number of hydrogen-bond acceptors (Lipinski definition) is 2. The molecule has 0 aromatic carbocycles. The largest absolute Gasteiger partial charge is 0.246 e. The Labute approximate surface area is 103 Å². The van der Waals surface area contributed by atoms with Crippen molar-refractivity contribution >= 4 is 11.3 Å². The second kappa shape index (κ2) is 5.31. The normalized spacial score (nSPS) is 27.9. The highest BCUT2D eigenvalue weighted by molar-refractivity contribution is 7.09. The molecular weight excluding hydrogens is 214 g/mol. The van der Waals surface area contributed by atoms with Crippen LogP contribution in [-0.4, -0.2) is 4.98 Å². The zero-order valence-electron chi connectivity index (χ0n) is 10.7. The molecule has 1 aliphatic rings. The molecule has 1 aromatic heterocycles. The van der Waals surface area contributed by atoms with Crippen molar-refractivity contribution in [3.8, 4) is 0 Å². The number of aromatic nitrogens is 1. The van der Waals surface area contributed by atoms with Crippen LogP contribution in [0.5, 0.6) is 0 Å². The van der Waals surface area contributed by atoms with E-state index in [2.05, 4.69) is 26.2 Å². The van der Waals surface area contributed by atoms with Gasteiger partial charge in [0.2, 0.25) is 0 Å². The molecule has 0 saturated heterocycles. The first-order chi connectivity index (χ1) is 7.70. The van der Waals surface area contributed by atoms with Crippen LogP contribution in [0.4, 0.5) is 0 Å². The fraction of sp³-hybridized carbons (Fsp3) is 0.786. The van der Waals surface area contributed by atoms with E-state index in [0.29, 0.717) is 5.92 Å². The molecule has 90 valence electrons. The summed E-state index contributed by atoms with van der Waals surface area (Å²) in [5.41, 5.74) is 1.32. The van der Waals surface area contributed by atoms with E-state index >= 15 is 0 Å². The smallest absolute Gasteiger partial charge is 0.0959 e. The highest BCUT2D eigenvalue weighted by atomic mass is 32.1. The minimum atomic E-state index is 0.631. The van der Waals surface area contributed by atoms with Gasteiger partial charge in [-0.3, -0.25) is 0 Å². The Morgan fingerprint density at radius 1 is 1.50 bits per heavy atom. The van der Waals surface area contributed by atoms with E-state index in [1.807, 2.05) is 11.3 Å². The topological polar surface area (TPSA) is 12.9 Å². The third-order valence-corrected chi connectivity index (χ3v) is 4.97. The summed E-state index contributed by atoms with van der Waals surface area (Å²) in [7, 11) is 0. The minimum Gasteiger partial charge on any atom is -0.246 e. The summed E-state index contributed by atoms with van der Waals surface area (Å²) < 4.78 is 0. The molecule has 3 atom stereocenters. The molecule has 0 amide bonds. The van der Waals surface area contributed by atoms with Crippen LogP contribution in [0.3, 0.4) is 0 Å². The van der Waals surface area contributed by atoms with Gasteiger partial charge in [-0.1, -0.05) is 33.6 Å². The maximum atomic E-state index is 4.86. The highest BCUT2D eigenvalue weighted by Gasteiger charge is 2.23. The predicted octanol–water partition coefficient (Wildman–Crippen LogP) is 4.95. The van der Waals surface area contributed by atoms with Crippen LogP contribution in [0, 0.1) is 5.92 Å². The Morgan fingerprint density at radius 2 is 2.31 bits per heavy atom. The van der Waals surface area contributed by atoms with Crippen molar-refractivity contribution in [2.75, 3.05) is 0 Å². The lowest BCUT2D eigenvalue weighted by molar-refractivity contribution is 0.343. The maximum absolute atomic E-state index is 4.86. The van der Waals surface area contributed by atoms with Gasteiger partial charge in [0.15, 0.2) is 0 Å². The van der Waals surface area contributed by atoms with Crippen molar-refractivity contribution < 1.29 is 0 Å². The van der Waals surface area contributed by atoms with Gasteiger partial charge in [0.25, 0.3) is 0 Å². The zero-order valence-corrected chi connectivity index (χ0v) is 11.5. The minimum absolute atomic E-state index is 0.631. The second-order valence-electron chi connectivity index (χ2n) is 5.39. The molecule has 3 unspecified atom stereocenters. The molecule has 1 nitrogen and oxygen atoms in total. The van der Waals surface area contributed by atoms with E-state index < -0.39 is 0 Å². The first-order valence-corrected chi connectivity index (χ1v) is 7.54. The van der Waals surface area contributed by atoms with Crippen molar-refractivity contribution in [2.45, 2.75) is 64.7 Å². The third-order valence-electron chi connectivity index (χ3n) is 3.94. The number of nitrogens with zero attached hydrogens (tertiary/aromatic N) is 1. The summed E-state index contributed by atoms with van der Waals surface area (Å²) in [6, 6.07) is 0. The predicted molar refractivity (Wildman–Crippen MR) is 71.2 cm³/mol. The molecule has 1 aliphatic carbocycles. The average molecular weight is 237 g/mol. The summed E-state index contributed by atoms with van der Waals surface area (Å²) in [4.78, 5) is 4.86. The maximum Gasteiger partial charge on any atom is 0.0959 e. The Balaban J connectivity index is 2.06. The number of hydrogen-bond donors (Lipinski definition) is 0. The lowest BCUT2D eigenvalue weighted by Crippen LogP contribution is -2.11. The van der Waals surface area contributed by atoms with Crippen LogP contribution in [0.1, 0.15) is 75.4 Å². The first-order valence-electron chi connectivity index (χ1n) is 6.66. The Bertz CT molecular complexity index is 331. The monoisotopic (exact) mass is 237 g/mol. The van der Waals surface area contributed by atoms with Crippen molar-refractivity contribution in [1.29, 1.82) is 0 Å². The molecule has 1 heterocycles. The van der Waals surface area contributed by atoms with E-state index in [0.717, 1.165) is 11.8 Å². The van der Waals surface area contributed by atoms with Gasteiger partial charge in [-0.25, -0.2) is 4.98 Å². The Morgan fingerprint density at radius 3 is 3.00 bits per heavy atom. The molecule has 16 heavy (non-hydrogen) atoms. The quantitative estimate of drug-likeness (QED) is 0.725. The zero-order chi connectivity index (χ0) is 11.5. The van der Waals surface area contributed by atoms with Crippen LogP contribution in [0.15, 0.2) is 5.38 Å². The van der Waals surface area contributed by atoms with Gasteiger partial charge in [-0.15, -0.1) is 11.3 Å². The fourth-order valence-corrected chi connectivity index (χ4v) is 3.67. The molecule has 0 spiro atoms. The van der Waals surface area contributed by atoms with Gasteiger partial charge in [0, 0.05) is 11.3 Å². The van der Waals surface area contributed by atoms with Gasteiger partial charge in [0.05, 0.1) is 10.7 Å².